The molecule has 0 saturated heterocycles. The van der Waals surface area contributed by atoms with Crippen molar-refractivity contribution in [2.45, 2.75) is 109 Å². The van der Waals surface area contributed by atoms with Gasteiger partial charge in [-0.2, -0.15) is 0 Å². The molecule has 0 aromatic heterocycles. The van der Waals surface area contributed by atoms with Gasteiger partial charge in [0.1, 0.15) is 0 Å². The summed E-state index contributed by atoms with van der Waals surface area (Å²) in [6, 6.07) is 16.5. The summed E-state index contributed by atoms with van der Waals surface area (Å²) in [6.07, 6.45) is 20.8. The Balaban J connectivity index is 1.77. The first kappa shape index (κ1) is 23.8. The lowest BCUT2D eigenvalue weighted by Gasteiger charge is -2.33. The Labute approximate surface area is 192 Å². The van der Waals surface area contributed by atoms with Crippen LogP contribution >= 0.6 is 0 Å². The third kappa shape index (κ3) is 5.91. The van der Waals surface area contributed by atoms with Gasteiger partial charge in [-0.05, 0) is 54.9 Å². The smallest absolute Gasteiger partial charge is 0.0215 e. The molecule has 0 spiro atoms. The molecule has 31 heavy (non-hydrogen) atoms. The maximum absolute atomic E-state index is 3.86. The summed E-state index contributed by atoms with van der Waals surface area (Å²) in [5.74, 6) is 0. The van der Waals surface area contributed by atoms with Gasteiger partial charge in [-0.25, -0.2) is 0 Å². The Bertz CT molecular complexity index is 815. The van der Waals surface area contributed by atoms with Gasteiger partial charge in [0.15, 0.2) is 0 Å². The minimum atomic E-state index is 0.226. The van der Waals surface area contributed by atoms with Gasteiger partial charge in [-0.15, -0.1) is 6.58 Å². The third-order valence-electron chi connectivity index (χ3n) is 7.39. The number of rotatable bonds is 15. The molecular formula is C31H44. The highest BCUT2D eigenvalue weighted by molar-refractivity contribution is 5.81. The van der Waals surface area contributed by atoms with E-state index in [0.717, 1.165) is 0 Å². The van der Waals surface area contributed by atoms with E-state index in [2.05, 4.69) is 69.0 Å². The van der Waals surface area contributed by atoms with Crippen LogP contribution in [0.5, 0.6) is 0 Å². The van der Waals surface area contributed by atoms with E-state index in [1.807, 2.05) is 0 Å². The lowest BCUT2D eigenvalue weighted by atomic mass is 9.70. The molecular weight excluding hydrogens is 372 g/mol. The SMILES string of the molecule is C=CCCCCCCCC1(CCCCCCCC)c2ccccc2-c2ccc(C)cc21. The van der Waals surface area contributed by atoms with Crippen LogP contribution in [0, 0.1) is 6.92 Å². The van der Waals surface area contributed by atoms with Crippen LogP contribution in [0.15, 0.2) is 55.1 Å². The number of aryl methyl sites for hydroxylation is 1. The topological polar surface area (TPSA) is 0 Å². The highest BCUT2D eigenvalue weighted by Crippen LogP contribution is 2.54. The summed E-state index contributed by atoms with van der Waals surface area (Å²) >= 11 is 0. The molecule has 3 rings (SSSR count). The average molecular weight is 417 g/mol. The van der Waals surface area contributed by atoms with Crippen LogP contribution in [-0.2, 0) is 5.41 Å². The van der Waals surface area contributed by atoms with Gasteiger partial charge in [-0.3, -0.25) is 0 Å². The van der Waals surface area contributed by atoms with Gasteiger partial charge >= 0.3 is 0 Å². The zero-order chi connectivity index (χ0) is 21.9. The Kier molecular flexibility index (Phi) is 9.44. The van der Waals surface area contributed by atoms with Gasteiger partial charge in [0.05, 0.1) is 0 Å². The van der Waals surface area contributed by atoms with Gasteiger partial charge < -0.3 is 0 Å². The summed E-state index contributed by atoms with van der Waals surface area (Å²) in [5, 5.41) is 0. The monoisotopic (exact) mass is 416 g/mol. The molecule has 1 atom stereocenters. The van der Waals surface area contributed by atoms with E-state index in [4.69, 9.17) is 0 Å². The van der Waals surface area contributed by atoms with E-state index >= 15 is 0 Å². The lowest BCUT2D eigenvalue weighted by Crippen LogP contribution is -2.25. The Morgan fingerprint density at radius 3 is 2.03 bits per heavy atom. The highest BCUT2D eigenvalue weighted by Gasteiger charge is 2.41. The molecule has 0 N–H and O–H groups in total. The predicted octanol–water partition coefficient (Wildman–Crippen LogP) is 9.93. The second-order valence-electron chi connectivity index (χ2n) is 9.79. The number of hydrogen-bond acceptors (Lipinski definition) is 0. The Morgan fingerprint density at radius 2 is 1.32 bits per heavy atom. The van der Waals surface area contributed by atoms with E-state index in [0.29, 0.717) is 0 Å². The molecule has 2 aromatic rings. The average Bonchev–Trinajstić information content (AvgIpc) is 3.05. The number of unbranched alkanes of at least 4 members (excludes halogenated alkanes) is 10. The van der Waals surface area contributed by atoms with Crippen molar-refractivity contribution in [2.24, 2.45) is 0 Å². The first-order valence-corrected chi connectivity index (χ1v) is 13.0. The van der Waals surface area contributed by atoms with Crippen molar-refractivity contribution in [2.75, 3.05) is 0 Å². The molecule has 0 aliphatic heterocycles. The summed E-state index contributed by atoms with van der Waals surface area (Å²) in [6.45, 7) is 8.43. The lowest BCUT2D eigenvalue weighted by molar-refractivity contribution is 0.398. The summed E-state index contributed by atoms with van der Waals surface area (Å²) in [4.78, 5) is 0. The molecule has 0 nitrogen and oxygen atoms in total. The van der Waals surface area contributed by atoms with Crippen LogP contribution in [0.4, 0.5) is 0 Å². The first-order valence-electron chi connectivity index (χ1n) is 13.0. The molecule has 2 aromatic carbocycles. The summed E-state index contributed by atoms with van der Waals surface area (Å²) in [7, 11) is 0. The molecule has 1 aliphatic rings. The molecule has 1 unspecified atom stereocenters. The second kappa shape index (κ2) is 12.3. The normalized spacial score (nSPS) is 16.8. The second-order valence-corrected chi connectivity index (χ2v) is 9.79. The standard InChI is InChI=1S/C31H44/c1-4-6-8-10-12-14-18-24-31(23-17-13-11-9-7-5-2)29-20-16-15-19-27(29)28-22-21-26(3)25-30(28)31/h4,15-16,19-22,25H,1,5-14,17-18,23-24H2,2-3H3. The van der Waals surface area contributed by atoms with Crippen LogP contribution in [0.25, 0.3) is 11.1 Å². The fraction of sp³-hybridized carbons (Fsp3) is 0.548. The zero-order valence-electron chi connectivity index (χ0n) is 20.2. The van der Waals surface area contributed by atoms with E-state index in [9.17, 15) is 0 Å². The van der Waals surface area contributed by atoms with Crippen LogP contribution in [-0.4, -0.2) is 0 Å². The van der Waals surface area contributed by atoms with Crippen molar-refractivity contribution >= 4 is 0 Å². The first-order chi connectivity index (χ1) is 15.2. The Hall–Kier alpha value is -1.82. The number of allylic oxidation sites excluding steroid dienone is 1. The summed E-state index contributed by atoms with van der Waals surface area (Å²) < 4.78 is 0. The van der Waals surface area contributed by atoms with Crippen molar-refractivity contribution < 1.29 is 0 Å². The van der Waals surface area contributed by atoms with Gasteiger partial charge in [0.25, 0.3) is 0 Å². The van der Waals surface area contributed by atoms with Crippen LogP contribution < -0.4 is 0 Å². The largest absolute Gasteiger partial charge is 0.103 e. The summed E-state index contributed by atoms with van der Waals surface area (Å²) in [5.41, 5.74) is 7.85. The minimum Gasteiger partial charge on any atom is -0.103 e. The van der Waals surface area contributed by atoms with Crippen molar-refractivity contribution in [1.82, 2.24) is 0 Å². The van der Waals surface area contributed by atoms with Gasteiger partial charge in [0, 0.05) is 5.41 Å². The van der Waals surface area contributed by atoms with Gasteiger partial charge in [0.2, 0.25) is 0 Å². The molecule has 0 fully saturated rings. The molecule has 1 aliphatic carbocycles. The maximum atomic E-state index is 3.86. The van der Waals surface area contributed by atoms with E-state index < -0.39 is 0 Å². The van der Waals surface area contributed by atoms with E-state index in [1.165, 1.54) is 107 Å². The highest BCUT2D eigenvalue weighted by atomic mass is 14.4. The molecule has 0 heterocycles. The molecule has 0 heteroatoms. The van der Waals surface area contributed by atoms with E-state index in [1.54, 1.807) is 11.1 Å². The molecule has 0 radical (unpaired) electrons. The fourth-order valence-corrected chi connectivity index (χ4v) is 5.69. The van der Waals surface area contributed by atoms with Crippen LogP contribution in [0.3, 0.4) is 0 Å². The fourth-order valence-electron chi connectivity index (χ4n) is 5.69. The quantitative estimate of drug-likeness (QED) is 0.200. The molecule has 0 bridgehead atoms. The number of hydrogen-bond donors (Lipinski definition) is 0. The van der Waals surface area contributed by atoms with E-state index in [-0.39, 0.29) is 5.41 Å². The number of fused-ring (bicyclic) bond motifs is 3. The van der Waals surface area contributed by atoms with Crippen LogP contribution in [0.1, 0.15) is 114 Å². The van der Waals surface area contributed by atoms with Crippen molar-refractivity contribution in [3.8, 4) is 11.1 Å². The zero-order valence-corrected chi connectivity index (χ0v) is 20.2. The molecule has 0 saturated carbocycles. The Morgan fingerprint density at radius 1 is 0.710 bits per heavy atom. The van der Waals surface area contributed by atoms with Crippen LogP contribution in [0.2, 0.25) is 0 Å². The molecule has 0 amide bonds. The van der Waals surface area contributed by atoms with Crippen molar-refractivity contribution in [3.05, 3.63) is 71.8 Å². The van der Waals surface area contributed by atoms with Gasteiger partial charge in [-0.1, -0.05) is 125 Å². The number of benzene rings is 2. The van der Waals surface area contributed by atoms with Crippen molar-refractivity contribution in [3.63, 3.8) is 0 Å². The van der Waals surface area contributed by atoms with Crippen molar-refractivity contribution in [1.29, 1.82) is 0 Å². The predicted molar refractivity (Wildman–Crippen MR) is 138 cm³/mol. The third-order valence-corrected chi connectivity index (χ3v) is 7.39. The maximum Gasteiger partial charge on any atom is 0.0215 e. The molecule has 168 valence electrons. The minimum absolute atomic E-state index is 0.226.